The van der Waals surface area contributed by atoms with Crippen LogP contribution in [0.25, 0.3) is 0 Å². The number of hydrogen-bond acceptors (Lipinski definition) is 5. The monoisotopic (exact) mass is 302 g/mol. The number of aromatic nitrogens is 1. The van der Waals surface area contributed by atoms with E-state index < -0.39 is 0 Å². The van der Waals surface area contributed by atoms with Crippen molar-refractivity contribution < 1.29 is 14.0 Å². The van der Waals surface area contributed by atoms with Crippen molar-refractivity contribution in [3.63, 3.8) is 0 Å². The van der Waals surface area contributed by atoms with E-state index in [9.17, 15) is 0 Å². The second-order valence-corrected chi connectivity index (χ2v) is 5.70. The number of benzene rings is 1. The molecule has 0 saturated heterocycles. The molecule has 3 rings (SSSR count). The molecule has 1 aromatic carbocycles. The maximum absolute atomic E-state index is 5.46. The Kier molecular flexibility index (Phi) is 4.07. The lowest BCUT2D eigenvalue weighted by molar-refractivity contribution is 0.174. The van der Waals surface area contributed by atoms with Gasteiger partial charge in [-0.25, -0.2) is 0 Å². The predicted molar refractivity (Wildman–Crippen MR) is 83.1 cm³/mol. The first-order chi connectivity index (χ1) is 10.6. The van der Waals surface area contributed by atoms with Crippen LogP contribution in [-0.4, -0.2) is 11.9 Å². The van der Waals surface area contributed by atoms with Gasteiger partial charge in [-0.3, -0.25) is 0 Å². The van der Waals surface area contributed by atoms with E-state index >= 15 is 0 Å². The topological polar surface area (TPSA) is 56.5 Å². The number of hydrogen-bond donors (Lipinski definition) is 1. The highest BCUT2D eigenvalue weighted by molar-refractivity contribution is 5.45. The highest BCUT2D eigenvalue weighted by atomic mass is 16.7. The molecule has 0 saturated carbocycles. The minimum atomic E-state index is 0.188. The first-order valence-corrected chi connectivity index (χ1v) is 7.68. The van der Waals surface area contributed by atoms with E-state index in [1.807, 2.05) is 26.0 Å². The maximum atomic E-state index is 5.46. The molecule has 118 valence electrons. The number of ether oxygens (including phenoxy) is 2. The zero-order valence-corrected chi connectivity index (χ0v) is 13.5. The highest BCUT2D eigenvalue weighted by Gasteiger charge is 2.22. The van der Waals surface area contributed by atoms with E-state index in [2.05, 4.69) is 30.4 Å². The van der Waals surface area contributed by atoms with E-state index in [1.165, 1.54) is 5.56 Å². The van der Waals surface area contributed by atoms with Crippen molar-refractivity contribution in [2.75, 3.05) is 6.79 Å². The van der Waals surface area contributed by atoms with Crippen LogP contribution in [0, 0.1) is 13.8 Å². The first kappa shape index (κ1) is 14.9. The normalized spacial score (nSPS) is 15.8. The van der Waals surface area contributed by atoms with Crippen molar-refractivity contribution in [3.8, 4) is 11.5 Å². The molecular weight excluding hydrogens is 280 g/mol. The second kappa shape index (κ2) is 6.01. The van der Waals surface area contributed by atoms with Gasteiger partial charge in [0.05, 0.1) is 5.69 Å². The quantitative estimate of drug-likeness (QED) is 0.910. The Morgan fingerprint density at radius 3 is 2.68 bits per heavy atom. The summed E-state index contributed by atoms with van der Waals surface area (Å²) in [7, 11) is 0. The SMILES string of the molecule is CC[C@H](N[C@@H](C)c1ccc2c(c1)OCO2)c1c(C)noc1C. The third-order valence-corrected chi connectivity index (χ3v) is 4.19. The molecule has 2 aromatic rings. The number of nitrogens with zero attached hydrogens (tertiary/aromatic N) is 1. The molecule has 22 heavy (non-hydrogen) atoms. The lowest BCUT2D eigenvalue weighted by Crippen LogP contribution is -2.25. The minimum absolute atomic E-state index is 0.188. The third kappa shape index (κ3) is 2.68. The Balaban J connectivity index is 1.79. The van der Waals surface area contributed by atoms with Crippen LogP contribution in [0.1, 0.15) is 54.9 Å². The van der Waals surface area contributed by atoms with Crippen LogP contribution < -0.4 is 14.8 Å². The summed E-state index contributed by atoms with van der Waals surface area (Å²) in [5.41, 5.74) is 3.29. The lowest BCUT2D eigenvalue weighted by Gasteiger charge is -2.23. The zero-order valence-electron chi connectivity index (χ0n) is 13.5. The standard InChI is InChI=1S/C17H22N2O3/c1-5-14(17-11(3)19-22-12(17)4)18-10(2)13-6-7-15-16(8-13)21-9-20-15/h6-8,10,14,18H,5,9H2,1-4H3/t10-,14-/m0/s1. The highest BCUT2D eigenvalue weighted by Crippen LogP contribution is 2.35. The van der Waals surface area contributed by atoms with E-state index in [0.717, 1.165) is 34.9 Å². The molecule has 5 nitrogen and oxygen atoms in total. The number of aryl methyl sites for hydroxylation is 2. The Labute approximate surface area is 130 Å². The molecule has 0 fully saturated rings. The Morgan fingerprint density at radius 2 is 2.00 bits per heavy atom. The van der Waals surface area contributed by atoms with E-state index in [4.69, 9.17) is 14.0 Å². The summed E-state index contributed by atoms with van der Waals surface area (Å²) in [5.74, 6) is 2.51. The van der Waals surface area contributed by atoms with Crippen LogP contribution in [0.5, 0.6) is 11.5 Å². The van der Waals surface area contributed by atoms with Crippen LogP contribution in [-0.2, 0) is 0 Å². The van der Waals surface area contributed by atoms with Gasteiger partial charge in [-0.2, -0.15) is 0 Å². The van der Waals surface area contributed by atoms with Gasteiger partial charge in [0.15, 0.2) is 11.5 Å². The third-order valence-electron chi connectivity index (χ3n) is 4.19. The molecule has 0 aliphatic carbocycles. The zero-order chi connectivity index (χ0) is 15.7. The summed E-state index contributed by atoms with van der Waals surface area (Å²) in [4.78, 5) is 0. The molecule has 5 heteroatoms. The van der Waals surface area contributed by atoms with Crippen LogP contribution in [0.2, 0.25) is 0 Å². The van der Waals surface area contributed by atoms with Gasteiger partial charge in [0.1, 0.15) is 5.76 Å². The second-order valence-electron chi connectivity index (χ2n) is 5.70. The average molecular weight is 302 g/mol. The largest absolute Gasteiger partial charge is 0.454 e. The van der Waals surface area contributed by atoms with Crippen molar-refractivity contribution in [2.45, 2.75) is 46.2 Å². The Hall–Kier alpha value is -2.01. The van der Waals surface area contributed by atoms with Gasteiger partial charge in [0.2, 0.25) is 6.79 Å². The average Bonchev–Trinajstić information content (AvgIpc) is 3.11. The summed E-state index contributed by atoms with van der Waals surface area (Å²) < 4.78 is 16.1. The predicted octanol–water partition coefficient (Wildman–Crippen LogP) is 3.82. The van der Waals surface area contributed by atoms with Gasteiger partial charge in [-0.1, -0.05) is 18.1 Å². The lowest BCUT2D eigenvalue weighted by atomic mass is 10.00. The Bertz CT molecular complexity index is 646. The molecular formula is C17H22N2O3. The summed E-state index contributed by atoms with van der Waals surface area (Å²) in [6.45, 7) is 8.57. The number of fused-ring (bicyclic) bond motifs is 1. The Morgan fingerprint density at radius 1 is 1.23 bits per heavy atom. The molecule has 2 atom stereocenters. The van der Waals surface area contributed by atoms with Crippen LogP contribution in [0.15, 0.2) is 22.7 Å². The molecule has 1 aliphatic heterocycles. The van der Waals surface area contributed by atoms with Gasteiger partial charge in [0, 0.05) is 17.6 Å². The summed E-state index contributed by atoms with van der Waals surface area (Å²) >= 11 is 0. The van der Waals surface area contributed by atoms with Gasteiger partial charge < -0.3 is 19.3 Å². The van der Waals surface area contributed by atoms with Gasteiger partial charge in [-0.05, 0) is 44.9 Å². The summed E-state index contributed by atoms with van der Waals surface area (Å²) in [6, 6.07) is 6.48. The fourth-order valence-corrected chi connectivity index (χ4v) is 2.97. The molecule has 0 radical (unpaired) electrons. The minimum Gasteiger partial charge on any atom is -0.454 e. The number of rotatable bonds is 5. The number of nitrogens with one attached hydrogen (secondary N) is 1. The van der Waals surface area contributed by atoms with Crippen LogP contribution in [0.3, 0.4) is 0 Å². The molecule has 1 N–H and O–H groups in total. The molecule has 2 heterocycles. The van der Waals surface area contributed by atoms with Crippen molar-refractivity contribution in [1.29, 1.82) is 0 Å². The molecule has 0 spiro atoms. The molecule has 1 aliphatic rings. The van der Waals surface area contributed by atoms with Gasteiger partial charge >= 0.3 is 0 Å². The fourth-order valence-electron chi connectivity index (χ4n) is 2.97. The summed E-state index contributed by atoms with van der Waals surface area (Å²) in [6.07, 6.45) is 0.970. The van der Waals surface area contributed by atoms with Crippen LogP contribution >= 0.6 is 0 Å². The maximum Gasteiger partial charge on any atom is 0.231 e. The van der Waals surface area contributed by atoms with Gasteiger partial charge in [0.25, 0.3) is 0 Å². The van der Waals surface area contributed by atoms with E-state index in [1.54, 1.807) is 0 Å². The van der Waals surface area contributed by atoms with Gasteiger partial charge in [-0.15, -0.1) is 0 Å². The first-order valence-electron chi connectivity index (χ1n) is 7.68. The van der Waals surface area contributed by atoms with Crippen molar-refractivity contribution in [3.05, 3.63) is 40.8 Å². The smallest absolute Gasteiger partial charge is 0.231 e. The molecule has 1 aromatic heterocycles. The molecule has 0 bridgehead atoms. The van der Waals surface area contributed by atoms with Crippen molar-refractivity contribution in [2.24, 2.45) is 0 Å². The molecule has 0 amide bonds. The van der Waals surface area contributed by atoms with Crippen molar-refractivity contribution >= 4 is 0 Å². The van der Waals surface area contributed by atoms with E-state index in [0.29, 0.717) is 6.79 Å². The molecule has 0 unspecified atom stereocenters. The van der Waals surface area contributed by atoms with Crippen LogP contribution in [0.4, 0.5) is 0 Å². The fraction of sp³-hybridized carbons (Fsp3) is 0.471. The summed E-state index contributed by atoms with van der Waals surface area (Å²) in [5, 5.41) is 7.72. The van der Waals surface area contributed by atoms with Crippen molar-refractivity contribution in [1.82, 2.24) is 10.5 Å². The van der Waals surface area contributed by atoms with E-state index in [-0.39, 0.29) is 12.1 Å².